The minimum absolute atomic E-state index is 0.0164. The van der Waals surface area contributed by atoms with Crippen LogP contribution in [-0.4, -0.2) is 30.5 Å². The third-order valence-electron chi connectivity index (χ3n) is 4.25. The summed E-state index contributed by atoms with van der Waals surface area (Å²) in [5.41, 5.74) is 1.55. The topological polar surface area (TPSA) is 94.7 Å². The zero-order valence-electron chi connectivity index (χ0n) is 15.1. The van der Waals surface area contributed by atoms with E-state index in [9.17, 15) is 14.0 Å². The van der Waals surface area contributed by atoms with Gasteiger partial charge in [0.25, 0.3) is 5.56 Å². The van der Waals surface area contributed by atoms with Crippen LogP contribution in [0.15, 0.2) is 53.6 Å². The molecule has 146 valence electrons. The number of aromatic nitrogens is 5. The molecule has 4 rings (SSSR count). The van der Waals surface area contributed by atoms with Crippen LogP contribution in [0.2, 0.25) is 5.02 Å². The van der Waals surface area contributed by atoms with Crippen LogP contribution in [0.3, 0.4) is 0 Å². The lowest BCUT2D eigenvalue weighted by atomic mass is 10.2. The fourth-order valence-corrected chi connectivity index (χ4v) is 2.94. The van der Waals surface area contributed by atoms with Gasteiger partial charge in [0.1, 0.15) is 18.7 Å². The van der Waals surface area contributed by atoms with E-state index in [0.717, 1.165) is 10.1 Å². The van der Waals surface area contributed by atoms with Crippen molar-refractivity contribution in [1.82, 2.24) is 24.5 Å². The summed E-state index contributed by atoms with van der Waals surface area (Å²) >= 11 is 6.16. The molecule has 0 aliphatic heterocycles. The third-order valence-corrected chi connectivity index (χ3v) is 4.66. The molecule has 29 heavy (non-hydrogen) atoms. The maximum Gasteiger partial charge on any atom is 0.284 e. The smallest absolute Gasteiger partial charge is 0.284 e. The van der Waals surface area contributed by atoms with Crippen LogP contribution < -0.4 is 10.9 Å². The minimum Gasteiger partial charge on any atom is -0.324 e. The van der Waals surface area contributed by atoms with Gasteiger partial charge in [-0.25, -0.2) is 9.37 Å². The number of carbonyl (C=O) groups is 1. The highest BCUT2D eigenvalue weighted by Gasteiger charge is 2.15. The van der Waals surface area contributed by atoms with E-state index >= 15 is 0 Å². The molecule has 2 aromatic carbocycles. The maximum atomic E-state index is 13.2. The third kappa shape index (κ3) is 3.72. The van der Waals surface area contributed by atoms with Gasteiger partial charge in [0.05, 0.1) is 5.69 Å². The zero-order chi connectivity index (χ0) is 20.5. The molecule has 0 spiro atoms. The molecule has 4 aromatic rings. The van der Waals surface area contributed by atoms with Crippen LogP contribution >= 0.6 is 11.6 Å². The Labute approximate surface area is 168 Å². The number of rotatable bonds is 4. The number of carbonyl (C=O) groups excluding carboxylic acids is 1. The van der Waals surface area contributed by atoms with Gasteiger partial charge in [-0.15, -0.1) is 5.10 Å². The van der Waals surface area contributed by atoms with E-state index in [1.807, 2.05) is 13.0 Å². The van der Waals surface area contributed by atoms with E-state index in [1.54, 1.807) is 18.2 Å². The van der Waals surface area contributed by atoms with Gasteiger partial charge in [0.2, 0.25) is 5.91 Å². The molecule has 8 nitrogen and oxygen atoms in total. The Kier molecular flexibility index (Phi) is 4.81. The molecule has 0 saturated carbocycles. The lowest BCUT2D eigenvalue weighted by Crippen LogP contribution is -2.28. The second kappa shape index (κ2) is 7.44. The first-order valence-electron chi connectivity index (χ1n) is 8.55. The predicted octanol–water partition coefficient (Wildman–Crippen LogP) is 2.72. The number of amides is 1. The average Bonchev–Trinajstić information content (AvgIpc) is 3.11. The highest BCUT2D eigenvalue weighted by Crippen LogP contribution is 2.20. The molecule has 0 aliphatic carbocycles. The average molecular weight is 413 g/mol. The fourth-order valence-electron chi connectivity index (χ4n) is 2.77. The van der Waals surface area contributed by atoms with Crippen molar-refractivity contribution >= 4 is 34.4 Å². The second-order valence-corrected chi connectivity index (χ2v) is 6.75. The lowest BCUT2D eigenvalue weighted by molar-refractivity contribution is -0.116. The molecule has 0 aliphatic rings. The van der Waals surface area contributed by atoms with Gasteiger partial charge in [0, 0.05) is 10.7 Å². The summed E-state index contributed by atoms with van der Waals surface area (Å²) in [5.74, 6) is -0.979. The van der Waals surface area contributed by atoms with E-state index < -0.39 is 17.3 Å². The second-order valence-electron chi connectivity index (χ2n) is 6.34. The van der Waals surface area contributed by atoms with Gasteiger partial charge in [-0.2, -0.15) is 4.68 Å². The molecular weight excluding hydrogens is 399 g/mol. The van der Waals surface area contributed by atoms with Crippen molar-refractivity contribution in [1.29, 1.82) is 0 Å². The highest BCUT2D eigenvalue weighted by molar-refractivity contribution is 6.31. The first-order valence-corrected chi connectivity index (χ1v) is 8.93. The molecule has 2 aromatic heterocycles. The molecule has 0 bridgehead atoms. The van der Waals surface area contributed by atoms with Crippen LogP contribution in [0.25, 0.3) is 16.9 Å². The van der Waals surface area contributed by atoms with Crippen molar-refractivity contribution < 1.29 is 9.18 Å². The normalized spacial score (nSPS) is 11.0. The first-order chi connectivity index (χ1) is 13.9. The number of benzene rings is 2. The number of hydrogen-bond acceptors (Lipinski definition) is 5. The summed E-state index contributed by atoms with van der Waals surface area (Å²) in [6, 6.07) is 10.8. The molecule has 0 atom stereocenters. The number of halogens is 2. The van der Waals surface area contributed by atoms with Crippen molar-refractivity contribution in [3.8, 4) is 5.69 Å². The van der Waals surface area contributed by atoms with E-state index in [4.69, 9.17) is 11.6 Å². The SMILES string of the molecule is Cc1ccc(-n2nnc3c(=O)n(CC(=O)Nc4cccc(F)c4)cnc32)cc1Cl. The lowest BCUT2D eigenvalue weighted by Gasteiger charge is -2.07. The van der Waals surface area contributed by atoms with Gasteiger partial charge in [-0.1, -0.05) is 28.9 Å². The Bertz CT molecular complexity index is 1300. The van der Waals surface area contributed by atoms with Crippen LogP contribution in [0.1, 0.15) is 5.56 Å². The molecule has 0 radical (unpaired) electrons. The highest BCUT2D eigenvalue weighted by atomic mass is 35.5. The first kappa shape index (κ1) is 18.8. The van der Waals surface area contributed by atoms with Crippen molar-refractivity contribution in [3.05, 3.63) is 75.5 Å². The fraction of sp³-hybridized carbons (Fsp3) is 0.105. The standard InChI is InChI=1S/C19H14ClFN6O2/c1-11-5-6-14(8-15(11)20)27-18-17(24-25-27)19(29)26(10-22-18)9-16(28)23-13-4-2-3-12(21)7-13/h2-8,10H,9H2,1H3,(H,23,28). The van der Waals surface area contributed by atoms with Gasteiger partial charge in [0.15, 0.2) is 11.2 Å². The largest absolute Gasteiger partial charge is 0.324 e. The Balaban J connectivity index is 1.62. The Morgan fingerprint density at radius 3 is 2.83 bits per heavy atom. The van der Waals surface area contributed by atoms with Crippen molar-refractivity contribution in [2.45, 2.75) is 13.5 Å². The predicted molar refractivity (Wildman–Crippen MR) is 106 cm³/mol. The quantitative estimate of drug-likeness (QED) is 0.556. The van der Waals surface area contributed by atoms with Crippen molar-refractivity contribution in [2.75, 3.05) is 5.32 Å². The maximum absolute atomic E-state index is 13.2. The molecule has 2 heterocycles. The molecule has 0 unspecified atom stereocenters. The number of nitrogens with zero attached hydrogens (tertiary/aromatic N) is 5. The van der Waals surface area contributed by atoms with E-state index in [2.05, 4.69) is 20.6 Å². The van der Waals surface area contributed by atoms with E-state index in [-0.39, 0.29) is 17.7 Å². The van der Waals surface area contributed by atoms with Gasteiger partial charge < -0.3 is 5.32 Å². The molecule has 0 saturated heterocycles. The molecule has 1 N–H and O–H groups in total. The van der Waals surface area contributed by atoms with Gasteiger partial charge >= 0.3 is 0 Å². The summed E-state index contributed by atoms with van der Waals surface area (Å²) in [6.45, 7) is 1.57. The van der Waals surface area contributed by atoms with Gasteiger partial charge in [-0.3, -0.25) is 14.2 Å². The van der Waals surface area contributed by atoms with Crippen LogP contribution in [-0.2, 0) is 11.3 Å². The van der Waals surface area contributed by atoms with E-state index in [0.29, 0.717) is 16.4 Å². The number of aryl methyl sites for hydroxylation is 1. The summed E-state index contributed by atoms with van der Waals surface area (Å²) in [6.07, 6.45) is 1.24. The Hall–Kier alpha value is -3.59. The van der Waals surface area contributed by atoms with E-state index in [1.165, 1.54) is 29.2 Å². The Morgan fingerprint density at radius 1 is 1.24 bits per heavy atom. The van der Waals surface area contributed by atoms with Crippen LogP contribution in [0, 0.1) is 12.7 Å². The van der Waals surface area contributed by atoms with Gasteiger partial charge in [-0.05, 0) is 42.8 Å². The summed E-state index contributed by atoms with van der Waals surface area (Å²) in [5, 5.41) is 11.0. The molecular formula is C19H14ClFN6O2. The summed E-state index contributed by atoms with van der Waals surface area (Å²) in [4.78, 5) is 29.1. The number of hydrogen-bond donors (Lipinski definition) is 1. The van der Waals surface area contributed by atoms with Crippen molar-refractivity contribution in [3.63, 3.8) is 0 Å². The molecule has 10 heteroatoms. The summed E-state index contributed by atoms with van der Waals surface area (Å²) < 4.78 is 15.7. The Morgan fingerprint density at radius 2 is 2.07 bits per heavy atom. The number of fused-ring (bicyclic) bond motifs is 1. The zero-order valence-corrected chi connectivity index (χ0v) is 15.9. The minimum atomic E-state index is -0.520. The number of anilines is 1. The number of nitrogens with one attached hydrogen (secondary N) is 1. The van der Waals surface area contributed by atoms with Crippen LogP contribution in [0.4, 0.5) is 10.1 Å². The summed E-state index contributed by atoms with van der Waals surface area (Å²) in [7, 11) is 0. The molecule has 0 fully saturated rings. The van der Waals surface area contributed by atoms with Crippen LogP contribution in [0.5, 0.6) is 0 Å². The molecule has 1 amide bonds. The monoisotopic (exact) mass is 412 g/mol. The van der Waals surface area contributed by atoms with Crippen molar-refractivity contribution in [2.24, 2.45) is 0 Å².